The molecular weight excluding hydrogens is 322 g/mol. The third-order valence-electron chi connectivity index (χ3n) is 3.43. The van der Waals surface area contributed by atoms with E-state index < -0.39 is 10.1 Å². The first-order chi connectivity index (χ1) is 11.5. The van der Waals surface area contributed by atoms with Gasteiger partial charge >= 0.3 is 10.1 Å². The fraction of sp³-hybridized carbons (Fsp3) is 0.0526. The highest BCUT2D eigenvalue weighted by atomic mass is 32.2. The number of hydrogen-bond acceptors (Lipinski definition) is 4. The van der Waals surface area contributed by atoms with Gasteiger partial charge in [-0.25, -0.2) is 0 Å². The number of nitrogens with one attached hydrogen (secondary N) is 1. The minimum atomic E-state index is -3.82. The molecule has 1 N–H and O–H groups in total. The van der Waals surface area contributed by atoms with Crippen molar-refractivity contribution in [3.8, 4) is 5.75 Å². The number of benzene rings is 3. The van der Waals surface area contributed by atoms with Crippen LogP contribution in [0, 0.1) is 6.92 Å². The number of para-hydroxylation sites is 1. The Bertz CT molecular complexity index is 903. The molecule has 0 aromatic heterocycles. The summed E-state index contributed by atoms with van der Waals surface area (Å²) in [6, 6.07) is 23.1. The fourth-order valence-corrected chi connectivity index (χ4v) is 3.09. The summed E-state index contributed by atoms with van der Waals surface area (Å²) in [6.45, 7) is 1.90. The van der Waals surface area contributed by atoms with E-state index in [1.54, 1.807) is 36.4 Å². The average Bonchev–Trinajstić information content (AvgIpc) is 2.58. The molecule has 0 aliphatic rings. The monoisotopic (exact) mass is 339 g/mol. The van der Waals surface area contributed by atoms with Gasteiger partial charge in [-0.2, -0.15) is 8.42 Å². The molecule has 0 atom stereocenters. The van der Waals surface area contributed by atoms with E-state index in [-0.39, 0.29) is 10.6 Å². The Morgan fingerprint density at radius 2 is 1.33 bits per heavy atom. The van der Waals surface area contributed by atoms with E-state index in [0.717, 1.165) is 16.9 Å². The molecule has 3 aromatic carbocycles. The van der Waals surface area contributed by atoms with Crippen LogP contribution in [0.1, 0.15) is 5.56 Å². The molecule has 0 saturated heterocycles. The van der Waals surface area contributed by atoms with Crippen molar-refractivity contribution in [3.05, 3.63) is 84.4 Å². The lowest BCUT2D eigenvalue weighted by Gasteiger charge is -2.09. The zero-order chi connectivity index (χ0) is 17.0. The van der Waals surface area contributed by atoms with Crippen LogP contribution in [0.2, 0.25) is 0 Å². The molecule has 0 spiro atoms. The highest BCUT2D eigenvalue weighted by Gasteiger charge is 2.16. The van der Waals surface area contributed by atoms with E-state index in [2.05, 4.69) is 5.32 Å². The summed E-state index contributed by atoms with van der Waals surface area (Å²) in [5, 5.41) is 3.23. The first kappa shape index (κ1) is 16.1. The van der Waals surface area contributed by atoms with Crippen LogP contribution in [0.4, 0.5) is 11.4 Å². The Kier molecular flexibility index (Phi) is 4.53. The van der Waals surface area contributed by atoms with E-state index >= 15 is 0 Å². The van der Waals surface area contributed by atoms with Gasteiger partial charge in [0.2, 0.25) is 0 Å². The van der Waals surface area contributed by atoms with Crippen molar-refractivity contribution in [1.82, 2.24) is 0 Å². The summed E-state index contributed by atoms with van der Waals surface area (Å²) in [5.74, 6) is 0.272. The molecule has 0 aliphatic heterocycles. The predicted molar refractivity (Wildman–Crippen MR) is 95.2 cm³/mol. The van der Waals surface area contributed by atoms with Gasteiger partial charge in [0.25, 0.3) is 0 Å². The van der Waals surface area contributed by atoms with Gasteiger partial charge in [-0.05, 0) is 55.5 Å². The number of rotatable bonds is 5. The standard InChI is InChI=1S/C19H17NO3S/c1-15-7-13-19(14-8-15)24(21,22)23-18-11-9-17(10-12-18)20-16-5-3-2-4-6-16/h2-14,20H,1H3. The number of anilines is 2. The van der Waals surface area contributed by atoms with Crippen LogP contribution in [0.15, 0.2) is 83.8 Å². The molecule has 3 rings (SSSR count). The molecule has 24 heavy (non-hydrogen) atoms. The van der Waals surface area contributed by atoms with Crippen LogP contribution in [-0.4, -0.2) is 8.42 Å². The summed E-state index contributed by atoms with van der Waals surface area (Å²) >= 11 is 0. The van der Waals surface area contributed by atoms with Crippen molar-refractivity contribution in [2.24, 2.45) is 0 Å². The maximum absolute atomic E-state index is 12.3. The normalized spacial score (nSPS) is 11.0. The van der Waals surface area contributed by atoms with E-state index in [1.165, 1.54) is 12.1 Å². The zero-order valence-corrected chi connectivity index (χ0v) is 14.0. The zero-order valence-electron chi connectivity index (χ0n) is 13.1. The molecule has 0 radical (unpaired) electrons. The summed E-state index contributed by atoms with van der Waals surface area (Å²) < 4.78 is 29.7. The van der Waals surface area contributed by atoms with Crippen LogP contribution in [-0.2, 0) is 10.1 Å². The highest BCUT2D eigenvalue weighted by molar-refractivity contribution is 7.87. The lowest BCUT2D eigenvalue weighted by Crippen LogP contribution is -2.09. The van der Waals surface area contributed by atoms with Crippen molar-refractivity contribution < 1.29 is 12.6 Å². The molecule has 0 bridgehead atoms. The van der Waals surface area contributed by atoms with E-state index in [9.17, 15) is 8.42 Å². The van der Waals surface area contributed by atoms with Crippen molar-refractivity contribution in [2.75, 3.05) is 5.32 Å². The maximum atomic E-state index is 12.3. The first-order valence-electron chi connectivity index (χ1n) is 7.46. The molecule has 0 saturated carbocycles. The lowest BCUT2D eigenvalue weighted by molar-refractivity contribution is 0.486. The Morgan fingerprint density at radius 1 is 0.750 bits per heavy atom. The summed E-state index contributed by atoms with van der Waals surface area (Å²) in [7, 11) is -3.82. The van der Waals surface area contributed by atoms with Crippen LogP contribution in [0.3, 0.4) is 0 Å². The fourth-order valence-electron chi connectivity index (χ4n) is 2.16. The van der Waals surface area contributed by atoms with Crippen molar-refractivity contribution >= 4 is 21.5 Å². The quantitative estimate of drug-likeness (QED) is 0.695. The SMILES string of the molecule is Cc1ccc(S(=O)(=O)Oc2ccc(Nc3ccccc3)cc2)cc1. The molecule has 122 valence electrons. The average molecular weight is 339 g/mol. The molecular formula is C19H17NO3S. The Labute approximate surface area is 141 Å². The van der Waals surface area contributed by atoms with Gasteiger partial charge in [-0.3, -0.25) is 0 Å². The summed E-state index contributed by atoms with van der Waals surface area (Å²) in [5.41, 5.74) is 2.80. The second kappa shape index (κ2) is 6.76. The Balaban J connectivity index is 1.73. The second-order valence-electron chi connectivity index (χ2n) is 5.37. The summed E-state index contributed by atoms with van der Waals surface area (Å²) in [4.78, 5) is 0.139. The van der Waals surface area contributed by atoms with Crippen LogP contribution < -0.4 is 9.50 Å². The van der Waals surface area contributed by atoms with E-state index in [1.807, 2.05) is 37.3 Å². The van der Waals surface area contributed by atoms with Gasteiger partial charge in [0.1, 0.15) is 10.6 Å². The number of aryl methyl sites for hydroxylation is 1. The van der Waals surface area contributed by atoms with Gasteiger partial charge in [0, 0.05) is 11.4 Å². The topological polar surface area (TPSA) is 55.4 Å². The minimum Gasteiger partial charge on any atom is -0.379 e. The van der Waals surface area contributed by atoms with Crippen molar-refractivity contribution in [3.63, 3.8) is 0 Å². The molecule has 0 unspecified atom stereocenters. The van der Waals surface area contributed by atoms with E-state index in [0.29, 0.717) is 0 Å². The third-order valence-corrected chi connectivity index (χ3v) is 4.69. The minimum absolute atomic E-state index is 0.139. The second-order valence-corrected chi connectivity index (χ2v) is 6.91. The molecule has 0 aliphatic carbocycles. The number of hydrogen-bond donors (Lipinski definition) is 1. The van der Waals surface area contributed by atoms with Gasteiger partial charge in [-0.15, -0.1) is 0 Å². The molecule has 0 fully saturated rings. The summed E-state index contributed by atoms with van der Waals surface area (Å²) in [6.07, 6.45) is 0. The van der Waals surface area contributed by atoms with Gasteiger partial charge in [0.05, 0.1) is 0 Å². The Hall–Kier alpha value is -2.79. The molecule has 4 nitrogen and oxygen atoms in total. The predicted octanol–water partition coefficient (Wildman–Crippen LogP) is 4.51. The first-order valence-corrected chi connectivity index (χ1v) is 8.87. The smallest absolute Gasteiger partial charge is 0.339 e. The molecule has 3 aromatic rings. The van der Waals surface area contributed by atoms with Crippen molar-refractivity contribution in [2.45, 2.75) is 11.8 Å². The lowest BCUT2D eigenvalue weighted by atomic mass is 10.2. The van der Waals surface area contributed by atoms with E-state index in [4.69, 9.17) is 4.18 Å². The van der Waals surface area contributed by atoms with Crippen LogP contribution >= 0.6 is 0 Å². The largest absolute Gasteiger partial charge is 0.379 e. The molecule has 0 heterocycles. The van der Waals surface area contributed by atoms with Crippen molar-refractivity contribution in [1.29, 1.82) is 0 Å². The maximum Gasteiger partial charge on any atom is 0.339 e. The highest BCUT2D eigenvalue weighted by Crippen LogP contribution is 2.23. The Morgan fingerprint density at radius 3 is 1.96 bits per heavy atom. The molecule has 5 heteroatoms. The van der Waals surface area contributed by atoms with Crippen LogP contribution in [0.25, 0.3) is 0 Å². The van der Waals surface area contributed by atoms with Gasteiger partial charge in [0.15, 0.2) is 0 Å². The third kappa shape index (κ3) is 3.94. The van der Waals surface area contributed by atoms with Gasteiger partial charge in [-0.1, -0.05) is 35.9 Å². The van der Waals surface area contributed by atoms with Gasteiger partial charge < -0.3 is 9.50 Å². The van der Waals surface area contributed by atoms with Crippen LogP contribution in [0.5, 0.6) is 5.75 Å². The molecule has 0 amide bonds.